The zero-order valence-corrected chi connectivity index (χ0v) is 10.9. The highest BCUT2D eigenvalue weighted by Crippen LogP contribution is 2.22. The van der Waals surface area contributed by atoms with Gasteiger partial charge in [0.25, 0.3) is 5.91 Å². The smallest absolute Gasteiger partial charge is 0.323 e. The van der Waals surface area contributed by atoms with Gasteiger partial charge in [0.15, 0.2) is 0 Å². The number of benzene rings is 1. The van der Waals surface area contributed by atoms with Crippen molar-refractivity contribution in [2.45, 2.75) is 0 Å². The number of amides is 1. The number of carbonyl (C=O) groups is 2. The molecule has 19 heavy (non-hydrogen) atoms. The molecule has 0 fully saturated rings. The molecule has 1 aromatic heterocycles. The van der Waals surface area contributed by atoms with E-state index in [0.717, 1.165) is 15.7 Å². The molecule has 0 unspecified atom stereocenters. The average molecular weight is 279 g/mol. The lowest BCUT2D eigenvalue weighted by Crippen LogP contribution is -2.32. The summed E-state index contributed by atoms with van der Waals surface area (Å²) < 4.78 is 0. The second-order valence-corrected chi connectivity index (χ2v) is 4.43. The minimum absolute atomic E-state index is 0.132. The highest BCUT2D eigenvalue weighted by molar-refractivity contribution is 6.34. The molecule has 1 N–H and O–H groups in total. The summed E-state index contributed by atoms with van der Waals surface area (Å²) in [6.45, 7) is -0.384. The summed E-state index contributed by atoms with van der Waals surface area (Å²) in [6, 6.07) is 8.88. The first-order valence-corrected chi connectivity index (χ1v) is 5.89. The summed E-state index contributed by atoms with van der Waals surface area (Å²) in [5, 5.41) is 10.4. The Kier molecular flexibility index (Phi) is 3.66. The number of pyridine rings is 1. The molecule has 0 saturated carbocycles. The number of rotatable bonds is 3. The molecule has 0 aliphatic rings. The summed E-state index contributed by atoms with van der Waals surface area (Å²) in [5.41, 5.74) is 0.132. The van der Waals surface area contributed by atoms with E-state index in [2.05, 4.69) is 4.98 Å². The Bertz CT molecular complexity index is 657. The maximum Gasteiger partial charge on any atom is 0.323 e. The number of nitrogens with zero attached hydrogens (tertiary/aromatic N) is 2. The van der Waals surface area contributed by atoms with E-state index in [4.69, 9.17) is 16.7 Å². The van der Waals surface area contributed by atoms with Crippen LogP contribution in [0, 0.1) is 0 Å². The summed E-state index contributed by atoms with van der Waals surface area (Å²) >= 11 is 6.02. The van der Waals surface area contributed by atoms with Crippen LogP contribution in [0.25, 0.3) is 10.8 Å². The quantitative estimate of drug-likeness (QED) is 0.872. The van der Waals surface area contributed by atoms with Gasteiger partial charge < -0.3 is 10.0 Å². The van der Waals surface area contributed by atoms with Crippen molar-refractivity contribution in [2.75, 3.05) is 13.6 Å². The molecule has 0 radical (unpaired) electrons. The Morgan fingerprint density at radius 3 is 2.74 bits per heavy atom. The molecule has 1 heterocycles. The van der Waals surface area contributed by atoms with E-state index in [-0.39, 0.29) is 17.4 Å². The van der Waals surface area contributed by atoms with Gasteiger partial charge in [-0.15, -0.1) is 0 Å². The fourth-order valence-electron chi connectivity index (χ4n) is 1.74. The minimum atomic E-state index is -1.08. The number of fused-ring (bicyclic) bond motifs is 1. The Morgan fingerprint density at radius 2 is 2.05 bits per heavy atom. The Morgan fingerprint density at radius 1 is 1.37 bits per heavy atom. The van der Waals surface area contributed by atoms with Crippen LogP contribution in [0.5, 0.6) is 0 Å². The van der Waals surface area contributed by atoms with Crippen LogP contribution in [0.2, 0.25) is 5.15 Å². The predicted octanol–water partition coefficient (Wildman–Crippen LogP) is 2.04. The Hall–Kier alpha value is -2.14. The third kappa shape index (κ3) is 2.82. The molecule has 0 atom stereocenters. The van der Waals surface area contributed by atoms with Crippen molar-refractivity contribution < 1.29 is 14.7 Å². The first-order chi connectivity index (χ1) is 8.99. The molecule has 0 aliphatic heterocycles. The van der Waals surface area contributed by atoms with Crippen LogP contribution in [0.4, 0.5) is 0 Å². The second-order valence-electron chi connectivity index (χ2n) is 4.07. The van der Waals surface area contributed by atoms with Crippen molar-refractivity contribution in [1.29, 1.82) is 0 Å². The highest BCUT2D eigenvalue weighted by atomic mass is 35.5. The van der Waals surface area contributed by atoms with E-state index >= 15 is 0 Å². The zero-order chi connectivity index (χ0) is 14.0. The van der Waals surface area contributed by atoms with E-state index in [1.807, 2.05) is 18.2 Å². The van der Waals surface area contributed by atoms with Gasteiger partial charge in [-0.25, -0.2) is 4.98 Å². The summed E-state index contributed by atoms with van der Waals surface area (Å²) in [6.07, 6.45) is 0. The molecule has 5 nitrogen and oxygen atoms in total. The monoisotopic (exact) mass is 278 g/mol. The van der Waals surface area contributed by atoms with Crippen molar-refractivity contribution in [1.82, 2.24) is 9.88 Å². The van der Waals surface area contributed by atoms with Crippen LogP contribution in [0.3, 0.4) is 0 Å². The van der Waals surface area contributed by atoms with Gasteiger partial charge in [0, 0.05) is 12.4 Å². The SMILES string of the molecule is CN(CC(=O)O)C(=O)c1cc2ccccc2c(Cl)n1. The van der Waals surface area contributed by atoms with Gasteiger partial charge in [-0.05, 0) is 11.5 Å². The number of hydrogen-bond donors (Lipinski definition) is 1. The number of carboxylic acids is 1. The molecule has 0 aliphatic carbocycles. The lowest BCUT2D eigenvalue weighted by atomic mass is 10.1. The van der Waals surface area contributed by atoms with E-state index < -0.39 is 11.9 Å². The summed E-state index contributed by atoms with van der Waals surface area (Å²) in [7, 11) is 1.40. The molecule has 0 bridgehead atoms. The van der Waals surface area contributed by atoms with Crippen molar-refractivity contribution in [3.8, 4) is 0 Å². The van der Waals surface area contributed by atoms with Crippen LogP contribution in [0.15, 0.2) is 30.3 Å². The van der Waals surface area contributed by atoms with Gasteiger partial charge in [-0.3, -0.25) is 9.59 Å². The summed E-state index contributed by atoms with van der Waals surface area (Å²) in [4.78, 5) is 27.7. The Balaban J connectivity index is 2.40. The highest BCUT2D eigenvalue weighted by Gasteiger charge is 2.17. The molecule has 1 amide bonds. The number of carboxylic acid groups (broad SMARTS) is 1. The fourth-order valence-corrected chi connectivity index (χ4v) is 2.00. The molecule has 1 aromatic carbocycles. The lowest BCUT2D eigenvalue weighted by molar-refractivity contribution is -0.137. The molecule has 0 saturated heterocycles. The number of aliphatic carboxylic acids is 1. The predicted molar refractivity (Wildman–Crippen MR) is 71.3 cm³/mol. The van der Waals surface area contributed by atoms with Gasteiger partial charge in [0.05, 0.1) is 0 Å². The molecular weight excluding hydrogens is 268 g/mol. The van der Waals surface area contributed by atoms with Gasteiger partial charge in [0.2, 0.25) is 0 Å². The molecule has 2 rings (SSSR count). The lowest BCUT2D eigenvalue weighted by Gasteiger charge is -2.14. The third-order valence-electron chi connectivity index (χ3n) is 2.63. The van der Waals surface area contributed by atoms with Crippen LogP contribution in [-0.2, 0) is 4.79 Å². The van der Waals surface area contributed by atoms with Crippen molar-refractivity contribution in [3.63, 3.8) is 0 Å². The molecule has 6 heteroatoms. The van der Waals surface area contributed by atoms with Crippen LogP contribution in [0.1, 0.15) is 10.5 Å². The van der Waals surface area contributed by atoms with Crippen LogP contribution in [-0.4, -0.2) is 40.5 Å². The van der Waals surface area contributed by atoms with Crippen molar-refractivity contribution >= 4 is 34.2 Å². The van der Waals surface area contributed by atoms with Crippen molar-refractivity contribution in [2.24, 2.45) is 0 Å². The first kappa shape index (κ1) is 13.3. The van der Waals surface area contributed by atoms with Gasteiger partial charge in [0.1, 0.15) is 17.4 Å². The first-order valence-electron chi connectivity index (χ1n) is 5.51. The van der Waals surface area contributed by atoms with Gasteiger partial charge >= 0.3 is 5.97 Å². The number of hydrogen-bond acceptors (Lipinski definition) is 3. The largest absolute Gasteiger partial charge is 0.480 e. The maximum atomic E-state index is 12.0. The van der Waals surface area contributed by atoms with Gasteiger partial charge in [-0.1, -0.05) is 35.9 Å². The van der Waals surface area contributed by atoms with Gasteiger partial charge in [-0.2, -0.15) is 0 Å². The number of aromatic nitrogens is 1. The maximum absolute atomic E-state index is 12.0. The fraction of sp³-hybridized carbons (Fsp3) is 0.154. The molecular formula is C13H11ClN2O3. The zero-order valence-electron chi connectivity index (χ0n) is 10.1. The van der Waals surface area contributed by atoms with E-state index in [1.54, 1.807) is 12.1 Å². The van der Waals surface area contributed by atoms with E-state index in [0.29, 0.717) is 0 Å². The Labute approximate surface area is 114 Å². The normalized spacial score (nSPS) is 10.4. The molecule has 2 aromatic rings. The topological polar surface area (TPSA) is 70.5 Å². The molecule has 98 valence electrons. The average Bonchev–Trinajstić information content (AvgIpc) is 2.37. The van der Waals surface area contributed by atoms with Crippen LogP contribution >= 0.6 is 11.6 Å². The van der Waals surface area contributed by atoms with Crippen LogP contribution < -0.4 is 0 Å². The van der Waals surface area contributed by atoms with E-state index in [9.17, 15) is 9.59 Å². The standard InChI is InChI=1S/C13H11ClN2O3/c1-16(7-11(17)18)13(19)10-6-8-4-2-3-5-9(8)12(14)15-10/h2-6H,7H2,1H3,(H,17,18). The van der Waals surface area contributed by atoms with Crippen molar-refractivity contribution in [3.05, 3.63) is 41.2 Å². The number of carbonyl (C=O) groups excluding carboxylic acids is 1. The second kappa shape index (κ2) is 5.24. The third-order valence-corrected chi connectivity index (χ3v) is 2.92. The molecule has 0 spiro atoms. The minimum Gasteiger partial charge on any atom is -0.480 e. The number of likely N-dealkylation sites (N-methyl/N-ethyl adjacent to an activating group) is 1. The van der Waals surface area contributed by atoms with E-state index in [1.165, 1.54) is 7.05 Å². The number of halogens is 1. The summed E-state index contributed by atoms with van der Waals surface area (Å²) in [5.74, 6) is -1.56.